The van der Waals surface area contributed by atoms with Crippen molar-refractivity contribution in [2.24, 2.45) is 0 Å². The molecule has 1 rings (SSSR count). The van der Waals surface area contributed by atoms with Crippen LogP contribution < -0.4 is 0 Å². The highest BCUT2D eigenvalue weighted by atomic mass is 32.1. The van der Waals surface area contributed by atoms with Crippen LogP contribution in [-0.2, 0) is 16.1 Å². The number of thiazole rings is 1. The number of carbonyl (C=O) groups excluding carboxylic acids is 1. The van der Waals surface area contributed by atoms with Crippen LogP contribution in [0.25, 0.3) is 0 Å². The largest absolute Gasteiger partial charge is 0.466 e. The van der Waals surface area contributed by atoms with Crippen molar-refractivity contribution in [2.75, 3.05) is 20.2 Å². The van der Waals surface area contributed by atoms with Crippen molar-refractivity contribution < 1.29 is 9.53 Å². The number of carbonyl (C=O) groups is 1. The Hall–Kier alpha value is -0.940. The lowest BCUT2D eigenvalue weighted by molar-refractivity contribution is -0.143. The second kappa shape index (κ2) is 6.60. The molecule has 0 aliphatic heterocycles. The highest BCUT2D eigenvalue weighted by Crippen LogP contribution is 2.13. The summed E-state index contributed by atoms with van der Waals surface area (Å²) in [5, 5.41) is 1.08. The Balaban J connectivity index is 2.25. The Morgan fingerprint density at radius 2 is 2.38 bits per heavy atom. The maximum Gasteiger partial charge on any atom is 0.307 e. The number of esters is 1. The lowest BCUT2D eigenvalue weighted by Gasteiger charge is -2.14. The summed E-state index contributed by atoms with van der Waals surface area (Å²) in [6.07, 6.45) is 2.34. The minimum absolute atomic E-state index is 0.130. The first-order valence-corrected chi connectivity index (χ1v) is 6.19. The molecule has 0 saturated carbocycles. The van der Waals surface area contributed by atoms with Crippen molar-refractivity contribution >= 4 is 17.3 Å². The fraction of sp³-hybridized carbons (Fsp3) is 0.636. The summed E-state index contributed by atoms with van der Waals surface area (Å²) in [6.45, 7) is 5.83. The molecule has 1 aromatic heterocycles. The number of hydrogen-bond donors (Lipinski definition) is 0. The third-order valence-corrected chi connectivity index (χ3v) is 3.00. The number of aromatic nitrogens is 1. The smallest absolute Gasteiger partial charge is 0.307 e. The van der Waals surface area contributed by atoms with Crippen molar-refractivity contribution in [1.29, 1.82) is 0 Å². The van der Waals surface area contributed by atoms with Crippen LogP contribution in [0.3, 0.4) is 0 Å². The molecular weight excluding hydrogens is 224 g/mol. The number of aryl methyl sites for hydroxylation is 1. The lowest BCUT2D eigenvalue weighted by Crippen LogP contribution is -2.21. The van der Waals surface area contributed by atoms with Crippen LogP contribution >= 0.6 is 11.3 Å². The maximum atomic E-state index is 11.1. The zero-order valence-corrected chi connectivity index (χ0v) is 10.8. The summed E-state index contributed by atoms with van der Waals surface area (Å²) in [5.41, 5.74) is 0. The normalized spacial score (nSPS) is 10.8. The average molecular weight is 242 g/mol. The lowest BCUT2D eigenvalue weighted by atomic mass is 10.4. The molecule has 16 heavy (non-hydrogen) atoms. The zero-order valence-electron chi connectivity index (χ0n) is 10.0. The molecule has 0 amide bonds. The summed E-state index contributed by atoms with van der Waals surface area (Å²) in [5.74, 6) is -0.130. The van der Waals surface area contributed by atoms with Gasteiger partial charge in [-0.2, -0.15) is 0 Å². The van der Waals surface area contributed by atoms with E-state index in [0.717, 1.165) is 18.1 Å². The summed E-state index contributed by atoms with van der Waals surface area (Å²) in [4.78, 5) is 18.7. The third kappa shape index (κ3) is 4.72. The molecule has 1 heterocycles. The van der Waals surface area contributed by atoms with E-state index in [4.69, 9.17) is 4.74 Å². The van der Waals surface area contributed by atoms with Crippen LogP contribution in [0, 0.1) is 6.92 Å². The summed E-state index contributed by atoms with van der Waals surface area (Å²) in [6, 6.07) is 0. The van der Waals surface area contributed by atoms with Gasteiger partial charge in [-0.15, -0.1) is 11.3 Å². The van der Waals surface area contributed by atoms with Gasteiger partial charge >= 0.3 is 5.97 Å². The van der Waals surface area contributed by atoms with Gasteiger partial charge in [-0.3, -0.25) is 4.79 Å². The number of nitrogens with zero attached hydrogens (tertiary/aromatic N) is 2. The highest BCUT2D eigenvalue weighted by molar-refractivity contribution is 7.11. The Labute approximate surface area is 100 Å². The van der Waals surface area contributed by atoms with Crippen LogP contribution in [-0.4, -0.2) is 36.1 Å². The molecule has 0 aliphatic rings. The molecule has 0 aromatic carbocycles. The van der Waals surface area contributed by atoms with Gasteiger partial charge in [-0.05, 0) is 20.9 Å². The van der Waals surface area contributed by atoms with E-state index in [1.54, 1.807) is 11.3 Å². The molecule has 0 saturated heterocycles. The van der Waals surface area contributed by atoms with Gasteiger partial charge in [0.1, 0.15) is 0 Å². The Kier molecular flexibility index (Phi) is 5.42. The fourth-order valence-corrected chi connectivity index (χ4v) is 2.21. The molecule has 0 radical (unpaired) electrons. The van der Waals surface area contributed by atoms with E-state index in [9.17, 15) is 4.79 Å². The molecule has 0 N–H and O–H groups in total. The molecule has 90 valence electrons. The van der Waals surface area contributed by atoms with Gasteiger partial charge in [0, 0.05) is 24.2 Å². The molecular formula is C11H18N2O2S. The van der Waals surface area contributed by atoms with Crippen molar-refractivity contribution in [3.8, 4) is 0 Å². The van der Waals surface area contributed by atoms with Crippen molar-refractivity contribution in [3.05, 3.63) is 16.1 Å². The van der Waals surface area contributed by atoms with Crippen LogP contribution in [0.2, 0.25) is 0 Å². The van der Waals surface area contributed by atoms with E-state index >= 15 is 0 Å². The fourth-order valence-electron chi connectivity index (χ4n) is 1.34. The molecule has 0 fully saturated rings. The molecule has 1 aromatic rings. The summed E-state index contributed by atoms with van der Waals surface area (Å²) >= 11 is 1.69. The van der Waals surface area contributed by atoms with Crippen molar-refractivity contribution in [3.63, 3.8) is 0 Å². The van der Waals surface area contributed by atoms with E-state index in [0.29, 0.717) is 13.0 Å². The highest BCUT2D eigenvalue weighted by Gasteiger charge is 2.07. The van der Waals surface area contributed by atoms with Gasteiger partial charge in [0.05, 0.1) is 18.0 Å². The Bertz CT molecular complexity index is 338. The van der Waals surface area contributed by atoms with Crippen molar-refractivity contribution in [1.82, 2.24) is 9.88 Å². The molecule has 0 atom stereocenters. The van der Waals surface area contributed by atoms with Crippen LogP contribution in [0.1, 0.15) is 23.2 Å². The average Bonchev–Trinajstić information content (AvgIpc) is 2.61. The Morgan fingerprint density at radius 1 is 1.62 bits per heavy atom. The second-order valence-corrected chi connectivity index (χ2v) is 4.96. The van der Waals surface area contributed by atoms with E-state index in [1.807, 2.05) is 27.1 Å². The molecule has 0 bridgehead atoms. The molecule has 5 heteroatoms. The van der Waals surface area contributed by atoms with Gasteiger partial charge in [0.25, 0.3) is 0 Å². The maximum absolute atomic E-state index is 11.1. The van der Waals surface area contributed by atoms with Crippen LogP contribution in [0.5, 0.6) is 0 Å². The monoisotopic (exact) mass is 242 g/mol. The van der Waals surface area contributed by atoms with Gasteiger partial charge in [-0.1, -0.05) is 0 Å². The predicted octanol–water partition coefficient (Wildman–Crippen LogP) is 1.84. The van der Waals surface area contributed by atoms with E-state index in [1.165, 1.54) is 4.88 Å². The summed E-state index contributed by atoms with van der Waals surface area (Å²) < 4.78 is 4.87. The zero-order chi connectivity index (χ0) is 12.0. The first-order valence-electron chi connectivity index (χ1n) is 5.37. The van der Waals surface area contributed by atoms with Crippen LogP contribution in [0.15, 0.2) is 6.20 Å². The topological polar surface area (TPSA) is 42.4 Å². The molecule has 0 aliphatic carbocycles. The number of ether oxygens (including phenoxy) is 1. The minimum Gasteiger partial charge on any atom is -0.466 e. The first kappa shape index (κ1) is 13.1. The van der Waals surface area contributed by atoms with Gasteiger partial charge in [0.15, 0.2) is 0 Å². The summed E-state index contributed by atoms with van der Waals surface area (Å²) in [7, 11) is 1.99. The number of hydrogen-bond acceptors (Lipinski definition) is 5. The Morgan fingerprint density at radius 3 is 2.94 bits per heavy atom. The number of rotatable bonds is 6. The van der Waals surface area contributed by atoms with E-state index < -0.39 is 0 Å². The van der Waals surface area contributed by atoms with Gasteiger partial charge in [0.2, 0.25) is 0 Å². The minimum atomic E-state index is -0.130. The van der Waals surface area contributed by atoms with Gasteiger partial charge < -0.3 is 9.64 Å². The quantitative estimate of drug-likeness (QED) is 0.714. The van der Waals surface area contributed by atoms with E-state index in [-0.39, 0.29) is 5.97 Å². The third-order valence-electron chi connectivity index (χ3n) is 2.10. The molecule has 4 nitrogen and oxygen atoms in total. The molecule has 0 spiro atoms. The second-order valence-electron chi connectivity index (χ2n) is 3.64. The predicted molar refractivity (Wildman–Crippen MR) is 64.4 cm³/mol. The standard InChI is InChI=1S/C11H18N2O2S/c1-4-15-11(14)5-6-13(3)8-10-7-12-9(2)16-10/h7H,4-6,8H2,1-3H3. The van der Waals surface area contributed by atoms with E-state index in [2.05, 4.69) is 9.88 Å². The first-order chi connectivity index (χ1) is 7.61. The van der Waals surface area contributed by atoms with Crippen molar-refractivity contribution in [2.45, 2.75) is 26.8 Å². The van der Waals surface area contributed by atoms with Crippen LogP contribution in [0.4, 0.5) is 0 Å². The molecule has 0 unspecified atom stereocenters. The van der Waals surface area contributed by atoms with Gasteiger partial charge in [-0.25, -0.2) is 4.98 Å². The SMILES string of the molecule is CCOC(=O)CCN(C)Cc1cnc(C)s1.